The normalized spacial score (nSPS) is 18.7. The topological polar surface area (TPSA) is 98.0 Å². The Morgan fingerprint density at radius 1 is 1.39 bits per heavy atom. The summed E-state index contributed by atoms with van der Waals surface area (Å²) in [6.45, 7) is 2.60. The van der Waals surface area contributed by atoms with Crippen LogP contribution in [0.1, 0.15) is 19.8 Å². The number of nitrogens with two attached hydrogens (primary N) is 1. The minimum Gasteiger partial charge on any atom is -0.463 e. The van der Waals surface area contributed by atoms with Crippen molar-refractivity contribution in [2.45, 2.75) is 25.8 Å². The van der Waals surface area contributed by atoms with Crippen LogP contribution < -0.4 is 21.3 Å². The van der Waals surface area contributed by atoms with E-state index in [9.17, 15) is 0 Å². The van der Waals surface area contributed by atoms with Crippen LogP contribution in [0.25, 0.3) is 0 Å². The van der Waals surface area contributed by atoms with Gasteiger partial charge in [-0.1, -0.05) is 6.92 Å². The first kappa shape index (κ1) is 13.2. The molecule has 0 spiro atoms. The van der Waals surface area contributed by atoms with Crippen molar-refractivity contribution in [1.82, 2.24) is 15.0 Å². The van der Waals surface area contributed by atoms with Gasteiger partial charge in [0.15, 0.2) is 0 Å². The molecule has 1 saturated heterocycles. The van der Waals surface area contributed by atoms with Crippen molar-refractivity contribution in [3.05, 3.63) is 0 Å². The number of thioether (sulfide) groups is 1. The van der Waals surface area contributed by atoms with Crippen molar-refractivity contribution in [3.8, 4) is 6.01 Å². The number of anilines is 2. The number of hydrazine groups is 1. The maximum absolute atomic E-state index is 5.40. The Balaban J connectivity index is 2.06. The van der Waals surface area contributed by atoms with Gasteiger partial charge in [-0.15, -0.1) is 0 Å². The van der Waals surface area contributed by atoms with Crippen molar-refractivity contribution in [1.29, 1.82) is 0 Å². The average Bonchev–Trinajstić information content (AvgIpc) is 2.89. The maximum Gasteiger partial charge on any atom is 0.323 e. The number of nitrogens with one attached hydrogen (secondary N) is 2. The Labute approximate surface area is 110 Å². The van der Waals surface area contributed by atoms with Crippen molar-refractivity contribution in [2.24, 2.45) is 5.84 Å². The molecular weight excluding hydrogens is 252 g/mol. The number of nitrogen functional groups attached to an aromatic ring is 1. The summed E-state index contributed by atoms with van der Waals surface area (Å²) >= 11 is 1.92. The first-order valence-electron chi connectivity index (χ1n) is 6.01. The molecule has 1 aromatic rings. The molecule has 2 rings (SSSR count). The van der Waals surface area contributed by atoms with E-state index in [1.54, 1.807) is 0 Å². The quantitative estimate of drug-likeness (QED) is 0.517. The van der Waals surface area contributed by atoms with Crippen LogP contribution in [0.15, 0.2) is 0 Å². The lowest BCUT2D eigenvalue weighted by Crippen LogP contribution is -2.21. The van der Waals surface area contributed by atoms with Gasteiger partial charge >= 0.3 is 6.01 Å². The van der Waals surface area contributed by atoms with Crippen LogP contribution in [0.2, 0.25) is 0 Å². The highest BCUT2D eigenvalue weighted by Gasteiger charge is 2.17. The van der Waals surface area contributed by atoms with E-state index >= 15 is 0 Å². The van der Waals surface area contributed by atoms with Gasteiger partial charge in [-0.05, 0) is 18.6 Å². The molecule has 1 aliphatic rings. The van der Waals surface area contributed by atoms with Crippen molar-refractivity contribution >= 4 is 23.7 Å². The molecule has 1 aromatic heterocycles. The van der Waals surface area contributed by atoms with E-state index in [0.29, 0.717) is 30.6 Å². The van der Waals surface area contributed by atoms with Crippen LogP contribution in [0.5, 0.6) is 6.01 Å². The highest BCUT2D eigenvalue weighted by Crippen LogP contribution is 2.20. The standard InChI is InChI=1S/C10H18N6OS/c1-2-4-17-10-14-8(13-9(15-10)16-11)12-7-3-5-18-6-7/h7H,2-6,11H2,1H3,(H2,12,13,14,15,16). The number of nitrogens with zero attached hydrogens (tertiary/aromatic N) is 3. The predicted molar refractivity (Wildman–Crippen MR) is 72.8 cm³/mol. The van der Waals surface area contributed by atoms with E-state index < -0.39 is 0 Å². The Morgan fingerprint density at radius 3 is 2.89 bits per heavy atom. The summed E-state index contributed by atoms with van der Waals surface area (Å²) in [5, 5.41) is 3.27. The molecule has 4 N–H and O–H groups in total. The average molecular weight is 270 g/mol. The smallest absolute Gasteiger partial charge is 0.323 e. The first-order chi connectivity index (χ1) is 8.81. The molecule has 0 bridgehead atoms. The van der Waals surface area contributed by atoms with Gasteiger partial charge in [-0.25, -0.2) is 5.84 Å². The van der Waals surface area contributed by atoms with E-state index in [4.69, 9.17) is 10.6 Å². The molecule has 7 nitrogen and oxygen atoms in total. The molecule has 2 heterocycles. The van der Waals surface area contributed by atoms with Crippen LogP contribution in [-0.4, -0.2) is 39.1 Å². The van der Waals surface area contributed by atoms with Gasteiger partial charge in [0.25, 0.3) is 0 Å². The van der Waals surface area contributed by atoms with Gasteiger partial charge in [-0.2, -0.15) is 26.7 Å². The molecule has 100 valence electrons. The lowest BCUT2D eigenvalue weighted by molar-refractivity contribution is 0.292. The molecule has 0 aliphatic carbocycles. The number of aromatic nitrogens is 3. The summed E-state index contributed by atoms with van der Waals surface area (Å²) in [5.41, 5.74) is 2.42. The molecule has 0 amide bonds. The zero-order valence-corrected chi connectivity index (χ0v) is 11.2. The van der Waals surface area contributed by atoms with Gasteiger partial charge < -0.3 is 10.1 Å². The summed E-state index contributed by atoms with van der Waals surface area (Å²) < 4.78 is 5.40. The van der Waals surface area contributed by atoms with Crippen LogP contribution in [-0.2, 0) is 0 Å². The van der Waals surface area contributed by atoms with Crippen molar-refractivity contribution < 1.29 is 4.74 Å². The Kier molecular flexibility index (Phi) is 4.82. The SMILES string of the molecule is CCCOc1nc(NN)nc(NC2CCSC2)n1. The Morgan fingerprint density at radius 2 is 2.22 bits per heavy atom. The third kappa shape index (κ3) is 3.61. The monoisotopic (exact) mass is 270 g/mol. The fourth-order valence-electron chi connectivity index (χ4n) is 1.57. The van der Waals surface area contributed by atoms with Crippen molar-refractivity contribution in [3.63, 3.8) is 0 Å². The van der Waals surface area contributed by atoms with Crippen LogP contribution in [0.4, 0.5) is 11.9 Å². The van der Waals surface area contributed by atoms with Crippen LogP contribution >= 0.6 is 11.8 Å². The van der Waals surface area contributed by atoms with E-state index in [0.717, 1.165) is 18.6 Å². The second-order valence-electron chi connectivity index (χ2n) is 3.96. The molecule has 8 heteroatoms. The minimum atomic E-state index is 0.299. The highest BCUT2D eigenvalue weighted by atomic mass is 32.2. The van der Waals surface area contributed by atoms with Gasteiger partial charge in [-0.3, -0.25) is 5.43 Å². The largest absolute Gasteiger partial charge is 0.463 e. The van der Waals surface area contributed by atoms with E-state index in [2.05, 4.69) is 25.7 Å². The van der Waals surface area contributed by atoms with Crippen LogP contribution in [0, 0.1) is 0 Å². The summed E-state index contributed by atoms with van der Waals surface area (Å²) in [6, 6.07) is 0.704. The number of hydrogen-bond donors (Lipinski definition) is 3. The molecule has 0 saturated carbocycles. The summed E-state index contributed by atoms with van der Waals surface area (Å²) in [4.78, 5) is 12.4. The molecule has 0 aromatic carbocycles. The molecule has 1 unspecified atom stereocenters. The zero-order chi connectivity index (χ0) is 12.8. The molecule has 1 fully saturated rings. The molecule has 0 radical (unpaired) electrons. The minimum absolute atomic E-state index is 0.299. The van der Waals surface area contributed by atoms with Gasteiger partial charge in [0.1, 0.15) is 0 Å². The molecular formula is C10H18N6OS. The predicted octanol–water partition coefficient (Wildman–Crippen LogP) is 0.863. The fourth-order valence-corrected chi connectivity index (χ4v) is 2.73. The zero-order valence-electron chi connectivity index (χ0n) is 10.3. The molecule has 1 atom stereocenters. The third-order valence-electron chi connectivity index (χ3n) is 2.44. The number of ether oxygens (including phenoxy) is 1. The van der Waals surface area contributed by atoms with Crippen LogP contribution in [0.3, 0.4) is 0 Å². The summed E-state index contributed by atoms with van der Waals surface area (Å²) in [5.74, 6) is 8.40. The summed E-state index contributed by atoms with van der Waals surface area (Å²) in [7, 11) is 0. The fraction of sp³-hybridized carbons (Fsp3) is 0.700. The first-order valence-corrected chi connectivity index (χ1v) is 7.17. The van der Waals surface area contributed by atoms with Crippen molar-refractivity contribution in [2.75, 3.05) is 28.9 Å². The summed E-state index contributed by atoms with van der Waals surface area (Å²) in [6.07, 6.45) is 2.02. The van der Waals surface area contributed by atoms with Gasteiger partial charge in [0.05, 0.1) is 6.61 Å². The van der Waals surface area contributed by atoms with E-state index in [-0.39, 0.29) is 0 Å². The van der Waals surface area contributed by atoms with Gasteiger partial charge in [0, 0.05) is 11.8 Å². The Hall–Kier alpha value is -1.28. The van der Waals surface area contributed by atoms with Gasteiger partial charge in [0.2, 0.25) is 11.9 Å². The number of hydrogen-bond acceptors (Lipinski definition) is 8. The lowest BCUT2D eigenvalue weighted by Gasteiger charge is -2.12. The third-order valence-corrected chi connectivity index (χ3v) is 3.60. The number of rotatable bonds is 6. The molecule has 1 aliphatic heterocycles. The lowest BCUT2D eigenvalue weighted by atomic mass is 10.3. The van der Waals surface area contributed by atoms with E-state index in [1.807, 2.05) is 18.7 Å². The molecule has 18 heavy (non-hydrogen) atoms. The van der Waals surface area contributed by atoms with E-state index in [1.165, 1.54) is 5.75 Å². The maximum atomic E-state index is 5.40. The second kappa shape index (κ2) is 6.60. The Bertz CT molecular complexity index is 385. The highest BCUT2D eigenvalue weighted by molar-refractivity contribution is 7.99. The second-order valence-corrected chi connectivity index (χ2v) is 5.11.